The predicted molar refractivity (Wildman–Crippen MR) is 123 cm³/mol. The molecular formula is C22H32FN3O4S2. The lowest BCUT2D eigenvalue weighted by molar-refractivity contribution is -0.132. The Morgan fingerprint density at radius 1 is 1.12 bits per heavy atom. The van der Waals surface area contributed by atoms with E-state index in [-0.39, 0.29) is 41.8 Å². The Morgan fingerprint density at radius 3 is 2.34 bits per heavy atom. The van der Waals surface area contributed by atoms with E-state index in [1.165, 1.54) is 16.4 Å². The van der Waals surface area contributed by atoms with Crippen molar-refractivity contribution in [2.45, 2.75) is 61.9 Å². The van der Waals surface area contributed by atoms with Crippen molar-refractivity contribution in [1.82, 2.24) is 14.9 Å². The maximum absolute atomic E-state index is 13.1. The van der Waals surface area contributed by atoms with Gasteiger partial charge in [0.15, 0.2) is 0 Å². The molecule has 1 saturated carbocycles. The van der Waals surface area contributed by atoms with Crippen molar-refractivity contribution in [3.8, 4) is 0 Å². The highest BCUT2D eigenvalue weighted by molar-refractivity contribution is 7.98. The molecule has 1 aromatic rings. The molecule has 1 saturated heterocycles. The number of benzene rings is 1. The summed E-state index contributed by atoms with van der Waals surface area (Å²) in [6.07, 6.45) is 7.48. The first kappa shape index (κ1) is 25.0. The molecule has 2 aliphatic rings. The van der Waals surface area contributed by atoms with Crippen molar-refractivity contribution in [3.05, 3.63) is 30.1 Å². The molecule has 0 unspecified atom stereocenters. The molecule has 2 fully saturated rings. The van der Waals surface area contributed by atoms with Gasteiger partial charge in [0.25, 0.3) is 0 Å². The number of nitrogens with one attached hydrogen (secondary N) is 2. The standard InChI is InChI=1S/C22H32FN3O4S2/c1-31-15-12-20(22(28)24-18-4-2-3-5-18)25-21(27)16-10-13-26(14-11-16)32(29,30)19-8-6-17(23)7-9-19/h6-9,16,18,20H,2-5,10-15H2,1H3,(H,24,28)(H,25,27)/t20-/m0/s1. The number of amides is 2. The van der Waals surface area contributed by atoms with Gasteiger partial charge in [-0.2, -0.15) is 16.1 Å². The van der Waals surface area contributed by atoms with Gasteiger partial charge in [-0.1, -0.05) is 12.8 Å². The van der Waals surface area contributed by atoms with Crippen LogP contribution in [-0.4, -0.2) is 61.7 Å². The number of hydrogen-bond donors (Lipinski definition) is 2. The van der Waals surface area contributed by atoms with Crippen LogP contribution in [0.1, 0.15) is 44.9 Å². The van der Waals surface area contributed by atoms with Crippen LogP contribution < -0.4 is 10.6 Å². The van der Waals surface area contributed by atoms with Gasteiger partial charge in [-0.05, 0) is 68.4 Å². The van der Waals surface area contributed by atoms with E-state index in [1.807, 2.05) is 6.26 Å². The van der Waals surface area contributed by atoms with E-state index in [0.717, 1.165) is 43.6 Å². The van der Waals surface area contributed by atoms with E-state index < -0.39 is 21.9 Å². The number of carbonyl (C=O) groups is 2. The average Bonchev–Trinajstić information content (AvgIpc) is 3.29. The molecule has 10 heteroatoms. The lowest BCUT2D eigenvalue weighted by Gasteiger charge is -2.31. The fraction of sp³-hybridized carbons (Fsp3) is 0.636. The largest absolute Gasteiger partial charge is 0.352 e. The second-order valence-corrected chi connectivity index (χ2v) is 11.4. The number of hydrogen-bond acceptors (Lipinski definition) is 5. The molecule has 2 N–H and O–H groups in total. The molecule has 1 aliphatic carbocycles. The van der Waals surface area contributed by atoms with Crippen LogP contribution in [0.3, 0.4) is 0 Å². The highest BCUT2D eigenvalue weighted by Crippen LogP contribution is 2.24. The van der Waals surface area contributed by atoms with Crippen molar-refractivity contribution >= 4 is 33.6 Å². The molecule has 0 spiro atoms. The molecule has 0 aromatic heterocycles. The van der Waals surface area contributed by atoms with Gasteiger partial charge in [0.05, 0.1) is 4.90 Å². The molecule has 0 bridgehead atoms. The molecule has 1 heterocycles. The van der Waals surface area contributed by atoms with Crippen LogP contribution in [-0.2, 0) is 19.6 Å². The topological polar surface area (TPSA) is 95.6 Å². The zero-order chi connectivity index (χ0) is 23.1. The highest BCUT2D eigenvalue weighted by atomic mass is 32.2. The second kappa shape index (κ2) is 11.5. The SMILES string of the molecule is CSCC[C@H](NC(=O)C1CCN(S(=O)(=O)c2ccc(F)cc2)CC1)C(=O)NC1CCCC1. The number of piperidine rings is 1. The number of thioether (sulfide) groups is 1. The van der Waals surface area contributed by atoms with Gasteiger partial charge in [-0.25, -0.2) is 12.8 Å². The first-order valence-corrected chi connectivity index (χ1v) is 14.0. The summed E-state index contributed by atoms with van der Waals surface area (Å²) >= 11 is 1.63. The average molecular weight is 486 g/mol. The summed E-state index contributed by atoms with van der Waals surface area (Å²) in [5, 5.41) is 5.98. The van der Waals surface area contributed by atoms with Crippen LogP contribution in [0.4, 0.5) is 4.39 Å². The van der Waals surface area contributed by atoms with Crippen molar-refractivity contribution < 1.29 is 22.4 Å². The first-order valence-electron chi connectivity index (χ1n) is 11.2. The maximum Gasteiger partial charge on any atom is 0.243 e. The van der Waals surface area contributed by atoms with Crippen molar-refractivity contribution in [1.29, 1.82) is 0 Å². The van der Waals surface area contributed by atoms with Crippen molar-refractivity contribution in [3.63, 3.8) is 0 Å². The van der Waals surface area contributed by atoms with Crippen LogP contribution in [0.15, 0.2) is 29.2 Å². The summed E-state index contributed by atoms with van der Waals surface area (Å²) in [4.78, 5) is 25.7. The minimum atomic E-state index is -3.72. The van der Waals surface area contributed by atoms with Crippen molar-refractivity contribution in [2.75, 3.05) is 25.1 Å². The molecule has 1 aromatic carbocycles. The number of halogens is 1. The van der Waals surface area contributed by atoms with Crippen molar-refractivity contribution in [2.24, 2.45) is 5.92 Å². The van der Waals surface area contributed by atoms with Gasteiger partial charge >= 0.3 is 0 Å². The Bertz CT molecular complexity index is 881. The van der Waals surface area contributed by atoms with Gasteiger partial charge in [0.2, 0.25) is 21.8 Å². The summed E-state index contributed by atoms with van der Waals surface area (Å²) in [7, 11) is -3.72. The third kappa shape index (κ3) is 6.45. The fourth-order valence-corrected chi connectivity index (χ4v) is 6.22. The summed E-state index contributed by atoms with van der Waals surface area (Å²) in [6.45, 7) is 0.420. The Labute approximate surface area is 193 Å². The van der Waals surface area contributed by atoms with Crippen LogP contribution in [0.25, 0.3) is 0 Å². The minimum absolute atomic E-state index is 0.0440. The van der Waals surface area contributed by atoms with Crippen LogP contribution >= 0.6 is 11.8 Å². The number of nitrogens with zero attached hydrogens (tertiary/aromatic N) is 1. The summed E-state index contributed by atoms with van der Waals surface area (Å²) in [5.41, 5.74) is 0. The Balaban J connectivity index is 1.55. The van der Waals surface area contributed by atoms with Crippen LogP contribution in [0, 0.1) is 11.7 Å². The smallest absolute Gasteiger partial charge is 0.243 e. The molecule has 1 atom stereocenters. The van der Waals surface area contributed by atoms with E-state index in [2.05, 4.69) is 10.6 Å². The van der Waals surface area contributed by atoms with E-state index in [1.54, 1.807) is 11.8 Å². The predicted octanol–water partition coefficient (Wildman–Crippen LogP) is 2.52. The second-order valence-electron chi connectivity index (χ2n) is 8.46. The molecule has 178 valence electrons. The first-order chi connectivity index (χ1) is 15.3. The van der Waals surface area contributed by atoms with E-state index in [0.29, 0.717) is 19.3 Å². The summed E-state index contributed by atoms with van der Waals surface area (Å²) < 4.78 is 40.0. The lowest BCUT2D eigenvalue weighted by atomic mass is 9.96. The minimum Gasteiger partial charge on any atom is -0.352 e. The molecule has 3 rings (SSSR count). The monoisotopic (exact) mass is 485 g/mol. The molecular weight excluding hydrogens is 453 g/mol. The van der Waals surface area contributed by atoms with E-state index in [4.69, 9.17) is 0 Å². The zero-order valence-corrected chi connectivity index (χ0v) is 20.0. The van der Waals surface area contributed by atoms with E-state index >= 15 is 0 Å². The normalized spacial score (nSPS) is 19.6. The van der Waals surface area contributed by atoms with Gasteiger partial charge < -0.3 is 10.6 Å². The summed E-state index contributed by atoms with van der Waals surface area (Å²) in [5.74, 6) is -0.401. The van der Waals surface area contributed by atoms with Gasteiger partial charge in [0.1, 0.15) is 11.9 Å². The third-order valence-electron chi connectivity index (χ3n) is 6.22. The molecule has 32 heavy (non-hydrogen) atoms. The van der Waals surface area contributed by atoms with Gasteiger partial charge in [0, 0.05) is 25.0 Å². The maximum atomic E-state index is 13.1. The molecule has 0 radical (unpaired) electrons. The summed E-state index contributed by atoms with van der Waals surface area (Å²) in [6, 6.07) is 4.37. The zero-order valence-electron chi connectivity index (χ0n) is 18.4. The Morgan fingerprint density at radius 2 is 1.75 bits per heavy atom. The van der Waals surface area contributed by atoms with Crippen LogP contribution in [0.5, 0.6) is 0 Å². The third-order valence-corrected chi connectivity index (χ3v) is 8.78. The highest BCUT2D eigenvalue weighted by Gasteiger charge is 2.34. The Hall–Kier alpha value is -1.65. The fourth-order valence-electron chi connectivity index (χ4n) is 4.28. The number of sulfonamides is 1. The van der Waals surface area contributed by atoms with Crippen LogP contribution in [0.2, 0.25) is 0 Å². The Kier molecular flexibility index (Phi) is 8.95. The molecule has 7 nitrogen and oxygen atoms in total. The lowest BCUT2D eigenvalue weighted by Crippen LogP contribution is -2.52. The molecule has 2 amide bonds. The number of rotatable bonds is 9. The van der Waals surface area contributed by atoms with Gasteiger partial charge in [-0.3, -0.25) is 9.59 Å². The quantitative estimate of drug-likeness (QED) is 0.560. The molecule has 1 aliphatic heterocycles. The van der Waals surface area contributed by atoms with Gasteiger partial charge in [-0.15, -0.1) is 0 Å². The number of carbonyl (C=O) groups excluding carboxylic acids is 2. The van der Waals surface area contributed by atoms with E-state index in [9.17, 15) is 22.4 Å².